The molecule has 2 aromatic rings. The highest BCUT2D eigenvalue weighted by atomic mass is 16.1. The van der Waals surface area contributed by atoms with Crippen LogP contribution < -0.4 is 5.32 Å². The number of ketones is 1. The molecule has 1 aromatic carbocycles. The van der Waals surface area contributed by atoms with Crippen LogP contribution in [0.4, 0.5) is 0 Å². The van der Waals surface area contributed by atoms with Crippen LogP contribution in [0.5, 0.6) is 0 Å². The SMILES string of the molecule is CC1NCC(=O)c2cn(C)c3cccc1c23. The van der Waals surface area contributed by atoms with Gasteiger partial charge in [-0.1, -0.05) is 12.1 Å². The van der Waals surface area contributed by atoms with Crippen molar-refractivity contribution >= 4 is 16.7 Å². The summed E-state index contributed by atoms with van der Waals surface area (Å²) < 4.78 is 2.03. The van der Waals surface area contributed by atoms with Gasteiger partial charge in [-0.3, -0.25) is 4.79 Å². The summed E-state index contributed by atoms with van der Waals surface area (Å²) in [6.45, 7) is 2.53. The smallest absolute Gasteiger partial charge is 0.178 e. The molecule has 3 nitrogen and oxygen atoms in total. The molecule has 0 amide bonds. The third-order valence-corrected chi connectivity index (χ3v) is 3.38. The lowest BCUT2D eigenvalue weighted by Crippen LogP contribution is -2.23. The van der Waals surface area contributed by atoms with Gasteiger partial charge in [0, 0.05) is 35.8 Å². The Hall–Kier alpha value is -1.61. The molecule has 3 rings (SSSR count). The molecule has 1 unspecified atom stereocenters. The molecule has 0 radical (unpaired) electrons. The maximum Gasteiger partial charge on any atom is 0.178 e. The molecule has 1 atom stereocenters. The van der Waals surface area contributed by atoms with E-state index in [1.807, 2.05) is 17.8 Å². The van der Waals surface area contributed by atoms with Crippen molar-refractivity contribution in [1.29, 1.82) is 0 Å². The topological polar surface area (TPSA) is 34.0 Å². The van der Waals surface area contributed by atoms with E-state index < -0.39 is 0 Å². The largest absolute Gasteiger partial charge is 0.350 e. The number of hydrogen-bond acceptors (Lipinski definition) is 2. The molecule has 0 aliphatic carbocycles. The summed E-state index contributed by atoms with van der Waals surface area (Å²) in [5.41, 5.74) is 3.21. The molecule has 3 heteroatoms. The van der Waals surface area contributed by atoms with Gasteiger partial charge in [-0.15, -0.1) is 0 Å². The average molecular weight is 214 g/mol. The third kappa shape index (κ3) is 1.15. The minimum atomic E-state index is 0.183. The molecule has 82 valence electrons. The Morgan fingerprint density at radius 1 is 1.44 bits per heavy atom. The van der Waals surface area contributed by atoms with Gasteiger partial charge in [0.25, 0.3) is 0 Å². The number of Topliss-reactive ketones (excluding diaryl/α,β-unsaturated/α-hetero) is 1. The van der Waals surface area contributed by atoms with Gasteiger partial charge in [-0.2, -0.15) is 0 Å². The van der Waals surface area contributed by atoms with Crippen molar-refractivity contribution in [3.63, 3.8) is 0 Å². The number of carbonyl (C=O) groups is 1. The van der Waals surface area contributed by atoms with E-state index >= 15 is 0 Å². The first-order chi connectivity index (χ1) is 7.68. The number of aryl methyl sites for hydroxylation is 1. The summed E-state index contributed by atoms with van der Waals surface area (Å²) in [4.78, 5) is 12.0. The number of rotatable bonds is 0. The van der Waals surface area contributed by atoms with Crippen molar-refractivity contribution in [2.24, 2.45) is 7.05 Å². The van der Waals surface area contributed by atoms with Gasteiger partial charge in [0.1, 0.15) is 0 Å². The molecular weight excluding hydrogens is 200 g/mol. The van der Waals surface area contributed by atoms with E-state index in [1.54, 1.807) is 0 Å². The van der Waals surface area contributed by atoms with Crippen molar-refractivity contribution in [3.05, 3.63) is 35.5 Å². The fourth-order valence-electron chi connectivity index (χ4n) is 2.50. The fraction of sp³-hybridized carbons (Fsp3) is 0.308. The lowest BCUT2D eigenvalue weighted by atomic mass is 10.0. The predicted molar refractivity (Wildman–Crippen MR) is 63.7 cm³/mol. The van der Waals surface area contributed by atoms with Crippen molar-refractivity contribution in [1.82, 2.24) is 9.88 Å². The standard InChI is InChI=1S/C13H14N2O/c1-8-9-4-3-5-11-13(9)10(7-15(11)2)12(16)6-14-8/h3-5,7-8,14H,6H2,1-2H3. The fourth-order valence-corrected chi connectivity index (χ4v) is 2.50. The van der Waals surface area contributed by atoms with E-state index in [1.165, 1.54) is 5.56 Å². The molecule has 1 N–H and O–H groups in total. The van der Waals surface area contributed by atoms with Crippen LogP contribution >= 0.6 is 0 Å². The van der Waals surface area contributed by atoms with Gasteiger partial charge in [0.2, 0.25) is 0 Å². The van der Waals surface area contributed by atoms with Gasteiger partial charge in [0.05, 0.1) is 6.54 Å². The molecule has 0 bridgehead atoms. The van der Waals surface area contributed by atoms with Gasteiger partial charge in [-0.25, -0.2) is 0 Å². The Kier molecular flexibility index (Phi) is 1.91. The van der Waals surface area contributed by atoms with Gasteiger partial charge >= 0.3 is 0 Å². The van der Waals surface area contributed by atoms with Crippen molar-refractivity contribution < 1.29 is 4.79 Å². The molecule has 0 fully saturated rings. The zero-order chi connectivity index (χ0) is 11.3. The van der Waals surface area contributed by atoms with Crippen LogP contribution in [0.2, 0.25) is 0 Å². The molecule has 2 heterocycles. The number of hydrogen-bond donors (Lipinski definition) is 1. The van der Waals surface area contributed by atoms with Crippen molar-refractivity contribution in [2.75, 3.05) is 6.54 Å². The molecule has 16 heavy (non-hydrogen) atoms. The first-order valence-corrected chi connectivity index (χ1v) is 5.53. The van der Waals surface area contributed by atoms with Crippen LogP contribution in [-0.2, 0) is 7.05 Å². The Bertz CT molecular complexity index is 583. The van der Waals surface area contributed by atoms with Crippen molar-refractivity contribution in [2.45, 2.75) is 13.0 Å². The van der Waals surface area contributed by atoms with E-state index in [0.717, 1.165) is 16.5 Å². The minimum Gasteiger partial charge on any atom is -0.350 e. The van der Waals surface area contributed by atoms with E-state index in [9.17, 15) is 4.79 Å². The highest BCUT2D eigenvalue weighted by molar-refractivity contribution is 6.10. The quantitative estimate of drug-likeness (QED) is 0.728. The highest BCUT2D eigenvalue weighted by Crippen LogP contribution is 2.30. The van der Waals surface area contributed by atoms with Gasteiger partial charge < -0.3 is 9.88 Å². The van der Waals surface area contributed by atoms with E-state index in [4.69, 9.17) is 0 Å². The lowest BCUT2D eigenvalue weighted by molar-refractivity contribution is 0.0991. The molecule has 1 aromatic heterocycles. The third-order valence-electron chi connectivity index (χ3n) is 3.38. The van der Waals surface area contributed by atoms with Gasteiger partial charge in [0.15, 0.2) is 5.78 Å². The first-order valence-electron chi connectivity index (χ1n) is 5.53. The normalized spacial score (nSPS) is 20.1. The van der Waals surface area contributed by atoms with Crippen molar-refractivity contribution in [3.8, 4) is 0 Å². The van der Waals surface area contributed by atoms with Crippen LogP contribution in [0.3, 0.4) is 0 Å². The number of nitrogens with zero attached hydrogens (tertiary/aromatic N) is 1. The Morgan fingerprint density at radius 2 is 2.25 bits per heavy atom. The molecule has 0 saturated heterocycles. The Balaban J connectivity index is 2.46. The highest BCUT2D eigenvalue weighted by Gasteiger charge is 2.22. The zero-order valence-electron chi connectivity index (χ0n) is 9.45. The van der Waals surface area contributed by atoms with Gasteiger partial charge in [-0.05, 0) is 18.6 Å². The first kappa shape index (κ1) is 9.60. The Labute approximate surface area is 94.1 Å². The van der Waals surface area contributed by atoms with E-state index in [0.29, 0.717) is 6.54 Å². The number of benzene rings is 1. The maximum atomic E-state index is 12.0. The molecular formula is C13H14N2O. The second kappa shape index (κ2) is 3.19. The van der Waals surface area contributed by atoms with Crippen LogP contribution in [0, 0.1) is 0 Å². The maximum absolute atomic E-state index is 12.0. The molecule has 1 aliphatic heterocycles. The second-order valence-electron chi connectivity index (χ2n) is 4.42. The summed E-state index contributed by atoms with van der Waals surface area (Å²) >= 11 is 0. The molecule has 0 saturated carbocycles. The Morgan fingerprint density at radius 3 is 3.06 bits per heavy atom. The second-order valence-corrected chi connectivity index (χ2v) is 4.42. The zero-order valence-corrected chi connectivity index (χ0v) is 9.45. The van der Waals surface area contributed by atoms with Crippen LogP contribution in [-0.4, -0.2) is 16.9 Å². The van der Waals surface area contributed by atoms with Crippen LogP contribution in [0.25, 0.3) is 10.9 Å². The molecule has 0 spiro atoms. The van der Waals surface area contributed by atoms with E-state index in [2.05, 4.69) is 30.4 Å². The van der Waals surface area contributed by atoms with E-state index in [-0.39, 0.29) is 11.8 Å². The number of aromatic nitrogens is 1. The summed E-state index contributed by atoms with van der Waals surface area (Å²) in [5, 5.41) is 4.37. The number of nitrogens with one attached hydrogen (secondary N) is 1. The van der Waals surface area contributed by atoms with Crippen LogP contribution in [0.15, 0.2) is 24.4 Å². The summed E-state index contributed by atoms with van der Waals surface area (Å²) in [7, 11) is 1.99. The number of carbonyl (C=O) groups excluding carboxylic acids is 1. The summed E-state index contributed by atoms with van der Waals surface area (Å²) in [6.07, 6.45) is 1.94. The summed E-state index contributed by atoms with van der Waals surface area (Å²) in [5.74, 6) is 0.183. The lowest BCUT2D eigenvalue weighted by Gasteiger charge is -2.11. The molecule has 1 aliphatic rings. The predicted octanol–water partition coefficient (Wildman–Crippen LogP) is 2.03. The summed E-state index contributed by atoms with van der Waals surface area (Å²) in [6, 6.07) is 6.45. The minimum absolute atomic E-state index is 0.183. The monoisotopic (exact) mass is 214 g/mol. The average Bonchev–Trinajstić information content (AvgIpc) is 2.58. The van der Waals surface area contributed by atoms with Crippen LogP contribution in [0.1, 0.15) is 28.9 Å².